The third-order valence-corrected chi connectivity index (χ3v) is 3.84. The summed E-state index contributed by atoms with van der Waals surface area (Å²) in [5.74, 6) is 0.419. The van der Waals surface area contributed by atoms with Crippen LogP contribution < -0.4 is 4.74 Å². The summed E-state index contributed by atoms with van der Waals surface area (Å²) in [6, 6.07) is 11.3. The van der Waals surface area contributed by atoms with Crippen LogP contribution in [0.1, 0.15) is 5.56 Å². The van der Waals surface area contributed by atoms with Gasteiger partial charge in [-0.3, -0.25) is 0 Å². The number of thiophene rings is 1. The molecule has 1 N–H and O–H groups in total. The molecule has 0 saturated heterocycles. The van der Waals surface area contributed by atoms with E-state index in [9.17, 15) is 9.50 Å². The van der Waals surface area contributed by atoms with Gasteiger partial charge in [0, 0.05) is 21.7 Å². The van der Waals surface area contributed by atoms with Crippen LogP contribution in [0.2, 0.25) is 0 Å². The Kier molecular flexibility index (Phi) is 3.09. The maximum absolute atomic E-state index is 13.0. The molecule has 0 aliphatic rings. The second-order valence-corrected chi connectivity index (χ2v) is 5.10. The van der Waals surface area contributed by atoms with E-state index < -0.39 is 0 Å². The van der Waals surface area contributed by atoms with Crippen molar-refractivity contribution in [3.8, 4) is 11.5 Å². The highest BCUT2D eigenvalue weighted by Gasteiger charge is 2.06. The molecular weight excluding hydrogens is 263 g/mol. The molecule has 1 heterocycles. The first kappa shape index (κ1) is 12.0. The van der Waals surface area contributed by atoms with E-state index in [2.05, 4.69) is 0 Å². The number of phenolic OH excluding ortho intramolecular Hbond substituents is 1. The van der Waals surface area contributed by atoms with E-state index in [1.807, 2.05) is 11.4 Å². The zero-order valence-corrected chi connectivity index (χ0v) is 10.8. The van der Waals surface area contributed by atoms with Crippen molar-refractivity contribution >= 4 is 21.4 Å². The van der Waals surface area contributed by atoms with E-state index in [4.69, 9.17) is 4.74 Å². The lowest BCUT2D eigenvalue weighted by atomic mass is 10.2. The summed E-state index contributed by atoms with van der Waals surface area (Å²) in [7, 11) is 0. The zero-order chi connectivity index (χ0) is 13.2. The Balaban J connectivity index is 1.84. The molecule has 0 radical (unpaired) electrons. The lowest BCUT2D eigenvalue weighted by Gasteiger charge is -2.05. The fourth-order valence-corrected chi connectivity index (χ4v) is 2.83. The SMILES string of the molecule is Oc1ccc2scc(COc3cccc(F)c3)c2c1. The molecule has 96 valence electrons. The monoisotopic (exact) mass is 274 g/mol. The van der Waals surface area contributed by atoms with Crippen LogP contribution in [-0.2, 0) is 6.61 Å². The molecule has 0 saturated carbocycles. The molecule has 1 aromatic heterocycles. The molecule has 3 aromatic rings. The molecule has 0 bridgehead atoms. The number of ether oxygens (including phenoxy) is 1. The van der Waals surface area contributed by atoms with E-state index in [1.54, 1.807) is 35.6 Å². The highest BCUT2D eigenvalue weighted by atomic mass is 32.1. The van der Waals surface area contributed by atoms with Crippen LogP contribution in [0.3, 0.4) is 0 Å². The van der Waals surface area contributed by atoms with Crippen molar-refractivity contribution < 1.29 is 14.2 Å². The molecule has 0 fully saturated rings. The molecule has 19 heavy (non-hydrogen) atoms. The summed E-state index contributed by atoms with van der Waals surface area (Å²) in [4.78, 5) is 0. The fourth-order valence-electron chi connectivity index (χ4n) is 1.90. The smallest absolute Gasteiger partial charge is 0.126 e. The van der Waals surface area contributed by atoms with Crippen molar-refractivity contribution in [2.45, 2.75) is 6.61 Å². The summed E-state index contributed by atoms with van der Waals surface area (Å²) >= 11 is 1.60. The van der Waals surface area contributed by atoms with Crippen LogP contribution in [0.5, 0.6) is 11.5 Å². The maximum atomic E-state index is 13.0. The second kappa shape index (κ2) is 4.90. The molecule has 0 unspecified atom stereocenters. The quantitative estimate of drug-likeness (QED) is 0.770. The van der Waals surface area contributed by atoms with Crippen LogP contribution in [0.25, 0.3) is 10.1 Å². The summed E-state index contributed by atoms with van der Waals surface area (Å²) in [6.07, 6.45) is 0. The van der Waals surface area contributed by atoms with Crippen molar-refractivity contribution in [2.24, 2.45) is 0 Å². The number of fused-ring (bicyclic) bond motifs is 1. The molecule has 0 atom stereocenters. The number of benzene rings is 2. The van der Waals surface area contributed by atoms with E-state index in [-0.39, 0.29) is 11.6 Å². The number of hydrogen-bond donors (Lipinski definition) is 1. The topological polar surface area (TPSA) is 29.5 Å². The van der Waals surface area contributed by atoms with Crippen LogP contribution >= 0.6 is 11.3 Å². The van der Waals surface area contributed by atoms with Gasteiger partial charge in [0.05, 0.1) is 0 Å². The highest BCUT2D eigenvalue weighted by molar-refractivity contribution is 7.17. The van der Waals surface area contributed by atoms with Crippen molar-refractivity contribution in [3.63, 3.8) is 0 Å². The summed E-state index contributed by atoms with van der Waals surface area (Å²) in [6.45, 7) is 0.354. The van der Waals surface area contributed by atoms with Gasteiger partial charge in [0.1, 0.15) is 23.9 Å². The van der Waals surface area contributed by atoms with Gasteiger partial charge in [-0.2, -0.15) is 0 Å². The molecule has 2 nitrogen and oxygen atoms in total. The molecule has 0 aliphatic heterocycles. The normalized spacial score (nSPS) is 10.8. The van der Waals surface area contributed by atoms with Gasteiger partial charge in [0.15, 0.2) is 0 Å². The Bertz CT molecular complexity index is 721. The Morgan fingerprint density at radius 2 is 2.05 bits per heavy atom. The van der Waals surface area contributed by atoms with Gasteiger partial charge in [-0.15, -0.1) is 11.3 Å². The summed E-state index contributed by atoms with van der Waals surface area (Å²) < 4.78 is 19.7. The molecule has 0 amide bonds. The first-order valence-electron chi connectivity index (χ1n) is 5.80. The van der Waals surface area contributed by atoms with Gasteiger partial charge in [-0.05, 0) is 35.7 Å². The van der Waals surface area contributed by atoms with Crippen molar-refractivity contribution in [2.75, 3.05) is 0 Å². The lowest BCUT2D eigenvalue weighted by molar-refractivity contribution is 0.306. The lowest BCUT2D eigenvalue weighted by Crippen LogP contribution is -1.94. The minimum Gasteiger partial charge on any atom is -0.508 e. The Morgan fingerprint density at radius 3 is 2.89 bits per heavy atom. The van der Waals surface area contributed by atoms with Gasteiger partial charge in [0.2, 0.25) is 0 Å². The van der Waals surface area contributed by atoms with Crippen molar-refractivity contribution in [1.29, 1.82) is 0 Å². The minimum atomic E-state index is -0.315. The Hall–Kier alpha value is -2.07. The van der Waals surface area contributed by atoms with Gasteiger partial charge < -0.3 is 9.84 Å². The van der Waals surface area contributed by atoms with E-state index >= 15 is 0 Å². The average molecular weight is 274 g/mol. The number of rotatable bonds is 3. The van der Waals surface area contributed by atoms with E-state index in [0.29, 0.717) is 12.4 Å². The fraction of sp³-hybridized carbons (Fsp3) is 0.0667. The first-order chi connectivity index (χ1) is 9.22. The molecule has 0 aliphatic carbocycles. The van der Waals surface area contributed by atoms with Gasteiger partial charge in [0.25, 0.3) is 0 Å². The van der Waals surface area contributed by atoms with Crippen molar-refractivity contribution in [1.82, 2.24) is 0 Å². The van der Waals surface area contributed by atoms with E-state index in [0.717, 1.165) is 15.6 Å². The van der Waals surface area contributed by atoms with E-state index in [1.165, 1.54) is 12.1 Å². The van der Waals surface area contributed by atoms with Gasteiger partial charge >= 0.3 is 0 Å². The predicted molar refractivity (Wildman–Crippen MR) is 74.2 cm³/mol. The molecule has 3 rings (SSSR count). The zero-order valence-electron chi connectivity index (χ0n) is 9.97. The van der Waals surface area contributed by atoms with Crippen molar-refractivity contribution in [3.05, 3.63) is 59.2 Å². The Morgan fingerprint density at radius 1 is 1.16 bits per heavy atom. The van der Waals surface area contributed by atoms with Gasteiger partial charge in [-0.25, -0.2) is 4.39 Å². The van der Waals surface area contributed by atoms with Crippen LogP contribution in [0, 0.1) is 5.82 Å². The average Bonchev–Trinajstić information content (AvgIpc) is 2.79. The Labute approximate surface area is 113 Å². The summed E-state index contributed by atoms with van der Waals surface area (Å²) in [5.41, 5.74) is 0.986. The van der Waals surface area contributed by atoms with Crippen LogP contribution in [0.15, 0.2) is 47.8 Å². The predicted octanol–water partition coefficient (Wildman–Crippen LogP) is 4.33. The molecule has 4 heteroatoms. The number of aromatic hydroxyl groups is 1. The second-order valence-electron chi connectivity index (χ2n) is 4.19. The summed E-state index contributed by atoms with van der Waals surface area (Å²) in [5, 5.41) is 12.5. The standard InChI is InChI=1S/C15H11FO2S/c16-11-2-1-3-13(6-11)18-8-10-9-19-15-5-4-12(17)7-14(10)15/h1-7,9,17H,8H2. The van der Waals surface area contributed by atoms with Gasteiger partial charge in [-0.1, -0.05) is 6.07 Å². The molecule has 2 aromatic carbocycles. The number of hydrogen-bond acceptors (Lipinski definition) is 3. The molecular formula is C15H11FO2S. The minimum absolute atomic E-state index is 0.234. The number of halogens is 1. The first-order valence-corrected chi connectivity index (χ1v) is 6.68. The van der Waals surface area contributed by atoms with Crippen LogP contribution in [-0.4, -0.2) is 5.11 Å². The molecule has 0 spiro atoms. The largest absolute Gasteiger partial charge is 0.508 e. The van der Waals surface area contributed by atoms with Crippen LogP contribution in [0.4, 0.5) is 4.39 Å². The third kappa shape index (κ3) is 2.53. The number of phenols is 1. The third-order valence-electron chi connectivity index (χ3n) is 2.83. The maximum Gasteiger partial charge on any atom is 0.126 e. The highest BCUT2D eigenvalue weighted by Crippen LogP contribution is 2.29.